The summed E-state index contributed by atoms with van der Waals surface area (Å²) in [5.74, 6) is 0.707. The number of anilines is 1. The van der Waals surface area contributed by atoms with Crippen molar-refractivity contribution in [1.29, 1.82) is 5.26 Å². The summed E-state index contributed by atoms with van der Waals surface area (Å²) in [6.07, 6.45) is 6.07. The third-order valence-corrected chi connectivity index (χ3v) is 5.45. The van der Waals surface area contributed by atoms with Crippen molar-refractivity contribution in [3.8, 4) is 6.07 Å². The van der Waals surface area contributed by atoms with E-state index < -0.39 is 0 Å². The van der Waals surface area contributed by atoms with Gasteiger partial charge in [-0.3, -0.25) is 0 Å². The minimum absolute atomic E-state index is 0.209. The molecule has 0 radical (unpaired) electrons. The highest BCUT2D eigenvalue weighted by molar-refractivity contribution is 6.29. The molecule has 0 bridgehead atoms. The van der Waals surface area contributed by atoms with E-state index in [1.54, 1.807) is 6.07 Å². The molecule has 1 unspecified atom stereocenters. The van der Waals surface area contributed by atoms with Gasteiger partial charge in [0, 0.05) is 25.2 Å². The number of nitriles is 1. The van der Waals surface area contributed by atoms with Crippen LogP contribution in [0.2, 0.25) is 5.15 Å². The van der Waals surface area contributed by atoms with Crippen molar-refractivity contribution in [1.82, 2.24) is 10.3 Å². The van der Waals surface area contributed by atoms with E-state index in [9.17, 15) is 10.4 Å². The molecule has 2 N–H and O–H groups in total. The molecule has 2 heterocycles. The first-order valence-electron chi connectivity index (χ1n) is 8.85. The summed E-state index contributed by atoms with van der Waals surface area (Å²) in [7, 11) is 0. The highest BCUT2D eigenvalue weighted by Gasteiger charge is 2.28. The molecule has 1 aliphatic heterocycles. The molecule has 5 nitrogen and oxygen atoms in total. The SMILES string of the molecule is Cc1cc(Cl)nc(N2CCC(NC3CCCC[C@H]3O)CC2)c1C#N. The highest BCUT2D eigenvalue weighted by Crippen LogP contribution is 2.27. The van der Waals surface area contributed by atoms with Gasteiger partial charge >= 0.3 is 0 Å². The van der Waals surface area contributed by atoms with E-state index in [-0.39, 0.29) is 12.1 Å². The van der Waals surface area contributed by atoms with Crippen LogP contribution >= 0.6 is 11.6 Å². The van der Waals surface area contributed by atoms with Crippen molar-refractivity contribution in [2.45, 2.75) is 63.6 Å². The minimum atomic E-state index is -0.209. The van der Waals surface area contributed by atoms with E-state index in [0.717, 1.165) is 50.8 Å². The Balaban J connectivity index is 1.62. The molecular weight excluding hydrogens is 324 g/mol. The summed E-state index contributed by atoms with van der Waals surface area (Å²) in [4.78, 5) is 6.55. The van der Waals surface area contributed by atoms with E-state index in [1.165, 1.54) is 6.42 Å². The zero-order valence-electron chi connectivity index (χ0n) is 14.1. The number of aliphatic hydroxyl groups is 1. The minimum Gasteiger partial charge on any atom is -0.392 e. The fourth-order valence-corrected chi connectivity index (χ4v) is 4.09. The quantitative estimate of drug-likeness (QED) is 0.822. The van der Waals surface area contributed by atoms with E-state index in [2.05, 4.69) is 21.3 Å². The number of hydrogen-bond donors (Lipinski definition) is 2. The molecule has 130 valence electrons. The summed E-state index contributed by atoms with van der Waals surface area (Å²) in [6, 6.07) is 4.65. The molecule has 1 aromatic rings. The van der Waals surface area contributed by atoms with Gasteiger partial charge in [-0.05, 0) is 44.2 Å². The molecule has 1 saturated heterocycles. The molecule has 0 aromatic carbocycles. The first kappa shape index (κ1) is 17.5. The summed E-state index contributed by atoms with van der Waals surface area (Å²) < 4.78 is 0. The second-order valence-corrected chi connectivity index (χ2v) is 7.35. The highest BCUT2D eigenvalue weighted by atomic mass is 35.5. The number of rotatable bonds is 3. The Hall–Kier alpha value is -1.35. The Morgan fingerprint density at radius 1 is 1.29 bits per heavy atom. The van der Waals surface area contributed by atoms with Crippen LogP contribution in [0.15, 0.2) is 6.07 Å². The third kappa shape index (κ3) is 3.83. The average Bonchev–Trinajstić information content (AvgIpc) is 2.57. The van der Waals surface area contributed by atoms with Crippen LogP contribution in [-0.2, 0) is 0 Å². The normalized spacial score (nSPS) is 25.5. The Morgan fingerprint density at radius 2 is 2.00 bits per heavy atom. The van der Waals surface area contributed by atoms with Crippen LogP contribution in [0.3, 0.4) is 0 Å². The van der Waals surface area contributed by atoms with Crippen molar-refractivity contribution < 1.29 is 5.11 Å². The molecule has 2 atom stereocenters. The molecule has 0 spiro atoms. The smallest absolute Gasteiger partial charge is 0.148 e. The van der Waals surface area contributed by atoms with Crippen LogP contribution in [0, 0.1) is 18.3 Å². The Bertz CT molecular complexity index is 622. The van der Waals surface area contributed by atoms with Gasteiger partial charge in [-0.25, -0.2) is 4.98 Å². The lowest BCUT2D eigenvalue weighted by atomic mass is 9.91. The Morgan fingerprint density at radius 3 is 2.67 bits per heavy atom. The maximum Gasteiger partial charge on any atom is 0.148 e. The fourth-order valence-electron chi connectivity index (χ4n) is 3.85. The number of pyridine rings is 1. The van der Waals surface area contributed by atoms with Crippen molar-refractivity contribution >= 4 is 17.4 Å². The number of hydrogen-bond acceptors (Lipinski definition) is 5. The largest absolute Gasteiger partial charge is 0.392 e. The van der Waals surface area contributed by atoms with Gasteiger partial charge in [0.2, 0.25) is 0 Å². The third-order valence-electron chi connectivity index (χ3n) is 5.25. The zero-order valence-corrected chi connectivity index (χ0v) is 14.9. The maximum atomic E-state index is 10.1. The van der Waals surface area contributed by atoms with Gasteiger partial charge in [0.05, 0.1) is 11.7 Å². The fraction of sp³-hybridized carbons (Fsp3) is 0.667. The van der Waals surface area contributed by atoms with E-state index in [4.69, 9.17) is 11.6 Å². The van der Waals surface area contributed by atoms with E-state index >= 15 is 0 Å². The molecule has 6 heteroatoms. The molecule has 24 heavy (non-hydrogen) atoms. The van der Waals surface area contributed by atoms with Gasteiger partial charge in [-0.2, -0.15) is 5.26 Å². The first-order chi connectivity index (χ1) is 11.6. The Labute approximate surface area is 148 Å². The first-order valence-corrected chi connectivity index (χ1v) is 9.22. The molecule has 2 fully saturated rings. The second kappa shape index (κ2) is 7.69. The number of nitrogens with one attached hydrogen (secondary N) is 1. The van der Waals surface area contributed by atoms with Crippen LogP contribution < -0.4 is 10.2 Å². The lowest BCUT2D eigenvalue weighted by Gasteiger charge is -2.38. The Kier molecular flexibility index (Phi) is 5.60. The van der Waals surface area contributed by atoms with Crippen LogP contribution in [0.4, 0.5) is 5.82 Å². The number of aliphatic hydroxyl groups excluding tert-OH is 1. The monoisotopic (exact) mass is 348 g/mol. The number of aryl methyl sites for hydroxylation is 1. The van der Waals surface area contributed by atoms with Crippen molar-refractivity contribution in [3.63, 3.8) is 0 Å². The topological polar surface area (TPSA) is 72.2 Å². The molecule has 1 saturated carbocycles. The van der Waals surface area contributed by atoms with Gasteiger partial charge in [-0.15, -0.1) is 0 Å². The predicted molar refractivity (Wildman–Crippen MR) is 95.3 cm³/mol. The maximum absolute atomic E-state index is 10.1. The molecule has 2 aliphatic rings. The van der Waals surface area contributed by atoms with Crippen LogP contribution in [-0.4, -0.2) is 41.4 Å². The number of aromatic nitrogens is 1. The van der Waals surface area contributed by atoms with Crippen LogP contribution in [0.1, 0.15) is 49.7 Å². The molecule has 1 aliphatic carbocycles. The lowest BCUT2D eigenvalue weighted by molar-refractivity contribution is 0.0828. The number of nitrogens with zero attached hydrogens (tertiary/aromatic N) is 3. The number of piperidine rings is 1. The summed E-state index contributed by atoms with van der Waals surface area (Å²) >= 11 is 6.08. The standard InChI is InChI=1S/C18H25ClN4O/c1-12-10-17(19)22-18(14(12)11-20)23-8-6-13(7-9-23)21-15-4-2-3-5-16(15)24/h10,13,15-16,21,24H,2-9H2,1H3/t15?,16-/m1/s1. The second-order valence-electron chi connectivity index (χ2n) is 6.96. The predicted octanol–water partition coefficient (Wildman–Crippen LogP) is 2.78. The lowest BCUT2D eigenvalue weighted by Crippen LogP contribution is -2.51. The van der Waals surface area contributed by atoms with Crippen LogP contribution in [0.5, 0.6) is 0 Å². The van der Waals surface area contributed by atoms with Gasteiger partial charge in [-0.1, -0.05) is 24.4 Å². The van der Waals surface area contributed by atoms with E-state index in [0.29, 0.717) is 22.6 Å². The summed E-state index contributed by atoms with van der Waals surface area (Å²) in [5, 5.41) is 23.6. The number of halogens is 1. The molecular formula is C18H25ClN4O. The van der Waals surface area contributed by atoms with Crippen molar-refractivity contribution in [3.05, 3.63) is 22.3 Å². The summed E-state index contributed by atoms with van der Waals surface area (Å²) in [5.41, 5.74) is 1.49. The molecule has 1 aromatic heterocycles. The van der Waals surface area contributed by atoms with Gasteiger partial charge in [0.25, 0.3) is 0 Å². The van der Waals surface area contributed by atoms with Crippen LogP contribution in [0.25, 0.3) is 0 Å². The molecule has 3 rings (SSSR count). The molecule has 0 amide bonds. The van der Waals surface area contributed by atoms with Crippen molar-refractivity contribution in [2.24, 2.45) is 0 Å². The summed E-state index contributed by atoms with van der Waals surface area (Å²) in [6.45, 7) is 3.60. The average molecular weight is 349 g/mol. The van der Waals surface area contributed by atoms with E-state index in [1.807, 2.05) is 6.92 Å². The van der Waals surface area contributed by atoms with Gasteiger partial charge in [0.15, 0.2) is 0 Å². The van der Waals surface area contributed by atoms with Gasteiger partial charge in [0.1, 0.15) is 17.0 Å². The van der Waals surface area contributed by atoms with Crippen molar-refractivity contribution in [2.75, 3.05) is 18.0 Å². The van der Waals surface area contributed by atoms with Gasteiger partial charge < -0.3 is 15.3 Å². The zero-order chi connectivity index (χ0) is 17.1.